The van der Waals surface area contributed by atoms with Gasteiger partial charge >= 0.3 is 0 Å². The first-order valence-corrected chi connectivity index (χ1v) is 19.7. The summed E-state index contributed by atoms with van der Waals surface area (Å²) < 4.78 is 2.40. The lowest BCUT2D eigenvalue weighted by atomic mass is 9.77. The summed E-state index contributed by atoms with van der Waals surface area (Å²) in [6.45, 7) is 11.0. The fourth-order valence-corrected chi connectivity index (χ4v) is 9.21. The Morgan fingerprint density at radius 3 is 1.96 bits per heavy atom. The van der Waals surface area contributed by atoms with Crippen molar-refractivity contribution in [2.45, 2.75) is 38.0 Å². The number of fused-ring (bicyclic) bond motifs is 6. The van der Waals surface area contributed by atoms with Crippen LogP contribution in [-0.4, -0.2) is 4.57 Å². The van der Waals surface area contributed by atoms with E-state index in [1.807, 2.05) is 6.08 Å². The van der Waals surface area contributed by atoms with Crippen LogP contribution in [0.25, 0.3) is 55.8 Å². The molecule has 2 nitrogen and oxygen atoms in total. The third-order valence-electron chi connectivity index (χ3n) is 12.4. The first-order valence-electron chi connectivity index (χ1n) is 19.7. The van der Waals surface area contributed by atoms with E-state index in [1.165, 1.54) is 60.8 Å². The van der Waals surface area contributed by atoms with Gasteiger partial charge in [0.05, 0.1) is 11.0 Å². The molecule has 0 saturated heterocycles. The fourth-order valence-electron chi connectivity index (χ4n) is 9.21. The van der Waals surface area contributed by atoms with E-state index in [4.69, 9.17) is 0 Å². The van der Waals surface area contributed by atoms with Crippen molar-refractivity contribution < 1.29 is 0 Å². The van der Waals surface area contributed by atoms with Crippen molar-refractivity contribution in [1.82, 2.24) is 4.57 Å². The minimum atomic E-state index is -0.111. The summed E-state index contributed by atoms with van der Waals surface area (Å²) in [6.07, 6.45) is 11.8. The average molecular weight is 721 g/mol. The molecule has 1 aromatic heterocycles. The predicted octanol–water partition coefficient (Wildman–Crippen LogP) is 14.6. The molecular formula is C54H44N2. The number of benzene rings is 7. The zero-order valence-corrected chi connectivity index (χ0v) is 32.2. The minimum absolute atomic E-state index is 0.0244. The summed E-state index contributed by atoms with van der Waals surface area (Å²) in [5.74, 6) is 0. The summed E-state index contributed by atoms with van der Waals surface area (Å²) in [5.41, 5.74) is 17.0. The van der Waals surface area contributed by atoms with Gasteiger partial charge in [-0.3, -0.25) is 0 Å². The summed E-state index contributed by atoms with van der Waals surface area (Å²) in [6, 6.07) is 58.5. The molecule has 0 N–H and O–H groups in total. The van der Waals surface area contributed by atoms with Gasteiger partial charge in [-0.25, -0.2) is 0 Å². The van der Waals surface area contributed by atoms with Gasteiger partial charge in [0.1, 0.15) is 0 Å². The van der Waals surface area contributed by atoms with Crippen molar-refractivity contribution >= 4 is 44.9 Å². The number of aromatic nitrogens is 1. The van der Waals surface area contributed by atoms with Gasteiger partial charge in [0.25, 0.3) is 0 Å². The Labute approximate surface area is 330 Å². The Morgan fingerprint density at radius 1 is 0.571 bits per heavy atom. The average Bonchev–Trinajstić information content (AvgIpc) is 3.69. The Hall–Kier alpha value is -6.64. The standard InChI is InChI=1S/C54H44N2/c1-5-37-18-20-38(21-19-37)39-22-30-51-47(34-39)48-35-43(28-31-52(48)56(51)41-14-8-6-9-15-41)55(42-25-23-40(24-26-42)54(4)32-12-7-13-33-54)44-27-29-46-45-16-10-11-17-49(45)53(2,3)50(46)36-44/h5-32,34-36H,1,33H2,2-4H3. The van der Waals surface area contributed by atoms with Crippen LogP contribution in [0.1, 0.15) is 49.4 Å². The van der Waals surface area contributed by atoms with Gasteiger partial charge in [0.15, 0.2) is 0 Å². The summed E-state index contributed by atoms with van der Waals surface area (Å²) in [5, 5.41) is 2.44. The summed E-state index contributed by atoms with van der Waals surface area (Å²) >= 11 is 0. The molecule has 0 aliphatic heterocycles. The van der Waals surface area contributed by atoms with E-state index in [1.54, 1.807) is 0 Å². The highest BCUT2D eigenvalue weighted by Gasteiger charge is 2.36. The van der Waals surface area contributed by atoms with Crippen LogP contribution in [0, 0.1) is 0 Å². The first-order chi connectivity index (χ1) is 27.3. The number of para-hydroxylation sites is 1. The molecule has 2 aliphatic rings. The molecule has 10 rings (SSSR count). The third kappa shape index (κ3) is 5.39. The zero-order valence-electron chi connectivity index (χ0n) is 32.2. The molecule has 7 aromatic carbocycles. The van der Waals surface area contributed by atoms with E-state index >= 15 is 0 Å². The van der Waals surface area contributed by atoms with Gasteiger partial charge in [-0.05, 0) is 118 Å². The van der Waals surface area contributed by atoms with Crippen molar-refractivity contribution in [3.8, 4) is 27.9 Å². The van der Waals surface area contributed by atoms with E-state index in [0.29, 0.717) is 0 Å². The van der Waals surface area contributed by atoms with E-state index in [2.05, 4.69) is 219 Å². The fraction of sp³-hybridized carbons (Fsp3) is 0.111. The third-order valence-corrected chi connectivity index (χ3v) is 12.4. The lowest BCUT2D eigenvalue weighted by Crippen LogP contribution is -2.19. The molecule has 0 spiro atoms. The van der Waals surface area contributed by atoms with E-state index in [0.717, 1.165) is 34.7 Å². The topological polar surface area (TPSA) is 8.17 Å². The van der Waals surface area contributed by atoms with Crippen LogP contribution < -0.4 is 4.90 Å². The molecule has 0 fully saturated rings. The van der Waals surface area contributed by atoms with Gasteiger partial charge in [-0.15, -0.1) is 0 Å². The smallest absolute Gasteiger partial charge is 0.0542 e. The molecule has 0 amide bonds. The van der Waals surface area contributed by atoms with Crippen molar-refractivity contribution in [3.05, 3.63) is 211 Å². The van der Waals surface area contributed by atoms with Crippen LogP contribution in [0.4, 0.5) is 17.1 Å². The van der Waals surface area contributed by atoms with Crippen LogP contribution >= 0.6 is 0 Å². The number of hydrogen-bond acceptors (Lipinski definition) is 1. The number of anilines is 3. The molecule has 1 heterocycles. The number of nitrogens with zero attached hydrogens (tertiary/aromatic N) is 2. The van der Waals surface area contributed by atoms with Crippen LogP contribution in [-0.2, 0) is 10.8 Å². The quantitative estimate of drug-likeness (QED) is 0.159. The Balaban J connectivity index is 1.18. The van der Waals surface area contributed by atoms with Gasteiger partial charge in [-0.2, -0.15) is 0 Å². The molecule has 8 aromatic rings. The van der Waals surface area contributed by atoms with Gasteiger partial charge < -0.3 is 9.47 Å². The molecule has 1 unspecified atom stereocenters. The van der Waals surface area contributed by atoms with Crippen molar-refractivity contribution in [1.29, 1.82) is 0 Å². The summed E-state index contributed by atoms with van der Waals surface area (Å²) in [4.78, 5) is 2.45. The minimum Gasteiger partial charge on any atom is -0.310 e. The number of allylic oxidation sites excluding steroid dienone is 4. The predicted molar refractivity (Wildman–Crippen MR) is 239 cm³/mol. The lowest BCUT2D eigenvalue weighted by Gasteiger charge is -2.30. The second-order valence-electron chi connectivity index (χ2n) is 16.1. The molecule has 0 radical (unpaired) electrons. The van der Waals surface area contributed by atoms with Crippen molar-refractivity contribution in [2.75, 3.05) is 4.90 Å². The highest BCUT2D eigenvalue weighted by atomic mass is 15.1. The van der Waals surface area contributed by atoms with Gasteiger partial charge in [-0.1, -0.05) is 149 Å². The van der Waals surface area contributed by atoms with Crippen LogP contribution in [0.5, 0.6) is 0 Å². The molecule has 2 aliphatic carbocycles. The number of hydrogen-bond donors (Lipinski definition) is 0. The van der Waals surface area contributed by atoms with Crippen LogP contribution in [0.2, 0.25) is 0 Å². The molecular weight excluding hydrogens is 677 g/mol. The van der Waals surface area contributed by atoms with Crippen LogP contribution in [0.3, 0.4) is 0 Å². The Morgan fingerprint density at radius 2 is 1.21 bits per heavy atom. The van der Waals surface area contributed by atoms with E-state index in [9.17, 15) is 0 Å². The number of rotatable bonds is 7. The monoisotopic (exact) mass is 720 g/mol. The first kappa shape index (κ1) is 33.9. The highest BCUT2D eigenvalue weighted by Crippen LogP contribution is 2.51. The van der Waals surface area contributed by atoms with Crippen LogP contribution in [0.15, 0.2) is 189 Å². The molecule has 270 valence electrons. The lowest BCUT2D eigenvalue weighted by molar-refractivity contribution is 0.600. The zero-order chi connectivity index (χ0) is 38.0. The molecule has 2 heteroatoms. The molecule has 0 bridgehead atoms. The Bertz CT molecular complexity index is 2870. The molecule has 0 saturated carbocycles. The Kier molecular flexibility index (Phi) is 7.87. The van der Waals surface area contributed by atoms with Gasteiger partial charge in [0.2, 0.25) is 0 Å². The largest absolute Gasteiger partial charge is 0.310 e. The summed E-state index contributed by atoms with van der Waals surface area (Å²) in [7, 11) is 0. The maximum Gasteiger partial charge on any atom is 0.0542 e. The highest BCUT2D eigenvalue weighted by molar-refractivity contribution is 6.12. The maximum atomic E-state index is 3.96. The van der Waals surface area contributed by atoms with E-state index < -0.39 is 0 Å². The SMILES string of the molecule is C=Cc1ccc(-c2ccc3c(c2)c2cc(N(c4ccc(C5(C)C=CC=CC5)cc4)c4ccc5c(c4)C(C)(C)c4ccccc4-5)ccc2n3-c2ccccc2)cc1. The second-order valence-corrected chi connectivity index (χ2v) is 16.1. The van der Waals surface area contributed by atoms with Crippen molar-refractivity contribution in [2.24, 2.45) is 0 Å². The molecule has 56 heavy (non-hydrogen) atoms. The molecule has 1 atom stereocenters. The van der Waals surface area contributed by atoms with Crippen molar-refractivity contribution in [3.63, 3.8) is 0 Å². The van der Waals surface area contributed by atoms with Gasteiger partial charge in [0, 0.05) is 44.4 Å². The van der Waals surface area contributed by atoms with E-state index in [-0.39, 0.29) is 10.8 Å². The maximum absolute atomic E-state index is 3.96. The second kappa shape index (κ2) is 13.0. The normalized spacial score (nSPS) is 16.6.